The van der Waals surface area contributed by atoms with Gasteiger partial charge in [0.05, 0.1) is 5.69 Å². The maximum atomic E-state index is 5.93. The third-order valence-electron chi connectivity index (χ3n) is 3.22. The lowest BCUT2D eigenvalue weighted by molar-refractivity contribution is 1.10. The number of hydrogen-bond acceptors (Lipinski definition) is 6. The quantitative estimate of drug-likeness (QED) is 0.335. The zero-order chi connectivity index (χ0) is 15.6. The Hall–Kier alpha value is -1.47. The van der Waals surface area contributed by atoms with Crippen molar-refractivity contribution in [3.05, 3.63) is 58.1 Å². The maximum absolute atomic E-state index is 5.93. The highest BCUT2D eigenvalue weighted by Gasteiger charge is 2.09. The molecule has 1 aromatic carbocycles. The largest absolute Gasteiger partial charge is 0.240 e. The summed E-state index contributed by atoms with van der Waals surface area (Å²) >= 11 is 10.9. The molecule has 0 N–H and O–H groups in total. The molecule has 0 bridgehead atoms. The number of nitrogens with zero attached hydrogens (tertiary/aromatic N) is 3. The average molecular weight is 376 g/mol. The van der Waals surface area contributed by atoms with Gasteiger partial charge in [-0.25, -0.2) is 15.0 Å². The molecule has 0 aliphatic heterocycles. The van der Waals surface area contributed by atoms with Crippen molar-refractivity contribution >= 4 is 56.3 Å². The predicted molar refractivity (Wildman–Crippen MR) is 99.5 cm³/mol. The van der Waals surface area contributed by atoms with Crippen molar-refractivity contribution in [1.29, 1.82) is 0 Å². The van der Waals surface area contributed by atoms with E-state index in [1.54, 1.807) is 40.8 Å². The monoisotopic (exact) mass is 375 g/mol. The van der Waals surface area contributed by atoms with Crippen LogP contribution in [0.2, 0.25) is 5.02 Å². The molecule has 4 aromatic rings. The van der Waals surface area contributed by atoms with E-state index in [1.807, 2.05) is 29.6 Å². The first kappa shape index (κ1) is 15.1. The Morgan fingerprint density at radius 3 is 2.78 bits per heavy atom. The molecule has 0 unspecified atom stereocenters. The number of fused-ring (bicyclic) bond motifs is 1. The maximum Gasteiger partial charge on any atom is 0.127 e. The van der Waals surface area contributed by atoms with Crippen molar-refractivity contribution in [1.82, 2.24) is 15.0 Å². The SMILES string of the molecule is Clc1ccc(-c2nc(CSc3ncnc4sccc34)cs2)cc1. The van der Waals surface area contributed by atoms with E-state index in [-0.39, 0.29) is 0 Å². The number of benzene rings is 1. The van der Waals surface area contributed by atoms with Crippen LogP contribution in [0.1, 0.15) is 5.69 Å². The summed E-state index contributed by atoms with van der Waals surface area (Å²) in [7, 11) is 0. The summed E-state index contributed by atoms with van der Waals surface area (Å²) < 4.78 is 0. The zero-order valence-corrected chi connectivity index (χ0v) is 15.0. The van der Waals surface area contributed by atoms with Crippen LogP contribution in [0.25, 0.3) is 20.8 Å². The Labute approximate surface area is 150 Å². The van der Waals surface area contributed by atoms with Gasteiger partial charge in [-0.1, -0.05) is 35.5 Å². The summed E-state index contributed by atoms with van der Waals surface area (Å²) in [6, 6.07) is 9.85. The van der Waals surface area contributed by atoms with Crippen molar-refractivity contribution in [2.45, 2.75) is 10.8 Å². The minimum absolute atomic E-state index is 0.740. The molecule has 0 amide bonds. The Morgan fingerprint density at radius 2 is 1.91 bits per heavy atom. The molecule has 0 radical (unpaired) electrons. The van der Waals surface area contributed by atoms with Gasteiger partial charge < -0.3 is 0 Å². The zero-order valence-electron chi connectivity index (χ0n) is 11.8. The first-order chi connectivity index (χ1) is 11.3. The molecule has 3 heterocycles. The second-order valence-electron chi connectivity index (χ2n) is 4.76. The van der Waals surface area contributed by atoms with E-state index in [2.05, 4.69) is 21.4 Å². The Kier molecular flexibility index (Phi) is 4.31. The summed E-state index contributed by atoms with van der Waals surface area (Å²) in [4.78, 5) is 14.4. The summed E-state index contributed by atoms with van der Waals surface area (Å²) in [5.41, 5.74) is 2.16. The number of halogens is 1. The summed E-state index contributed by atoms with van der Waals surface area (Å²) in [5, 5.41) is 8.03. The van der Waals surface area contributed by atoms with E-state index in [4.69, 9.17) is 16.6 Å². The van der Waals surface area contributed by atoms with Gasteiger partial charge in [0.2, 0.25) is 0 Å². The molecular weight excluding hydrogens is 366 g/mol. The lowest BCUT2D eigenvalue weighted by Crippen LogP contribution is -1.86. The van der Waals surface area contributed by atoms with Crippen LogP contribution in [0.4, 0.5) is 0 Å². The Bertz CT molecular complexity index is 947. The van der Waals surface area contributed by atoms with Gasteiger partial charge in [0, 0.05) is 27.1 Å². The van der Waals surface area contributed by atoms with Crippen molar-refractivity contribution in [3.8, 4) is 10.6 Å². The first-order valence-corrected chi connectivity index (χ1v) is 9.93. The van der Waals surface area contributed by atoms with Gasteiger partial charge in [0.25, 0.3) is 0 Å². The highest BCUT2D eigenvalue weighted by molar-refractivity contribution is 7.98. The van der Waals surface area contributed by atoms with Gasteiger partial charge in [-0.3, -0.25) is 0 Å². The van der Waals surface area contributed by atoms with E-state index in [0.29, 0.717) is 0 Å². The van der Waals surface area contributed by atoms with Crippen molar-refractivity contribution in [3.63, 3.8) is 0 Å². The van der Waals surface area contributed by atoms with Gasteiger partial charge in [-0.2, -0.15) is 0 Å². The lowest BCUT2D eigenvalue weighted by atomic mass is 10.2. The molecule has 0 aliphatic carbocycles. The molecule has 0 atom stereocenters. The van der Waals surface area contributed by atoms with Crippen molar-refractivity contribution in [2.75, 3.05) is 0 Å². The van der Waals surface area contributed by atoms with Gasteiger partial charge in [0.15, 0.2) is 0 Å². The number of thioether (sulfide) groups is 1. The lowest BCUT2D eigenvalue weighted by Gasteiger charge is -2.00. The fourth-order valence-corrected chi connectivity index (χ4v) is 4.85. The van der Waals surface area contributed by atoms with Gasteiger partial charge in [-0.05, 0) is 23.6 Å². The topological polar surface area (TPSA) is 38.7 Å². The molecule has 0 saturated heterocycles. The average Bonchev–Trinajstić information content (AvgIpc) is 3.23. The smallest absolute Gasteiger partial charge is 0.127 e. The van der Waals surface area contributed by atoms with Crippen LogP contribution < -0.4 is 0 Å². The summed E-state index contributed by atoms with van der Waals surface area (Å²) in [6.45, 7) is 0. The molecule has 114 valence electrons. The number of aromatic nitrogens is 3. The van der Waals surface area contributed by atoms with Crippen LogP contribution in [0.5, 0.6) is 0 Å². The van der Waals surface area contributed by atoms with Crippen LogP contribution >= 0.6 is 46.0 Å². The van der Waals surface area contributed by atoms with Gasteiger partial charge >= 0.3 is 0 Å². The van der Waals surface area contributed by atoms with E-state index in [1.165, 1.54) is 0 Å². The molecule has 7 heteroatoms. The number of thiophene rings is 1. The molecule has 0 aliphatic rings. The summed E-state index contributed by atoms with van der Waals surface area (Å²) in [5.74, 6) is 0.798. The minimum Gasteiger partial charge on any atom is -0.240 e. The predicted octanol–water partition coefficient (Wildman–Crippen LogP) is 5.76. The third-order valence-corrected chi connectivity index (χ3v) is 6.28. The molecule has 3 aromatic heterocycles. The van der Waals surface area contributed by atoms with Crippen LogP contribution in [0.3, 0.4) is 0 Å². The van der Waals surface area contributed by atoms with Crippen LogP contribution in [-0.2, 0) is 5.75 Å². The molecule has 4 rings (SSSR count). The second-order valence-corrected chi connectivity index (χ2v) is 7.91. The number of rotatable bonds is 4. The van der Waals surface area contributed by atoms with E-state index in [9.17, 15) is 0 Å². The highest BCUT2D eigenvalue weighted by atomic mass is 35.5. The Balaban J connectivity index is 1.52. The molecular formula is C16H10ClN3S3. The fraction of sp³-hybridized carbons (Fsp3) is 0.0625. The molecule has 0 saturated carbocycles. The fourth-order valence-electron chi connectivity index (χ4n) is 2.12. The standard InChI is InChI=1S/C16H10ClN3S3/c17-11-3-1-10(2-4-11)14-20-12(7-22-14)8-23-16-13-5-6-21-15(13)18-9-19-16/h1-7,9H,8H2. The molecule has 0 fully saturated rings. The third kappa shape index (κ3) is 3.26. The second kappa shape index (κ2) is 6.57. The van der Waals surface area contributed by atoms with Crippen LogP contribution in [0.15, 0.2) is 52.4 Å². The Morgan fingerprint density at radius 1 is 1.04 bits per heavy atom. The highest BCUT2D eigenvalue weighted by Crippen LogP contribution is 2.31. The number of thiazole rings is 1. The first-order valence-electron chi connectivity index (χ1n) is 6.81. The van der Waals surface area contributed by atoms with E-state index >= 15 is 0 Å². The number of hydrogen-bond donors (Lipinski definition) is 0. The van der Waals surface area contributed by atoms with Crippen LogP contribution in [-0.4, -0.2) is 15.0 Å². The van der Waals surface area contributed by atoms with Crippen LogP contribution in [0, 0.1) is 0 Å². The summed E-state index contributed by atoms with van der Waals surface area (Å²) in [6.07, 6.45) is 1.63. The van der Waals surface area contributed by atoms with Gasteiger partial charge in [0.1, 0.15) is 21.2 Å². The molecule has 23 heavy (non-hydrogen) atoms. The normalized spacial score (nSPS) is 11.2. The van der Waals surface area contributed by atoms with Gasteiger partial charge in [-0.15, -0.1) is 22.7 Å². The van der Waals surface area contributed by atoms with E-state index in [0.717, 1.165) is 42.3 Å². The molecule has 3 nitrogen and oxygen atoms in total. The molecule has 0 spiro atoms. The minimum atomic E-state index is 0.740. The van der Waals surface area contributed by atoms with Crippen molar-refractivity contribution in [2.24, 2.45) is 0 Å². The van der Waals surface area contributed by atoms with Crippen molar-refractivity contribution < 1.29 is 0 Å². The van der Waals surface area contributed by atoms with E-state index < -0.39 is 0 Å².